The predicted octanol–water partition coefficient (Wildman–Crippen LogP) is 2.42. The zero-order chi connectivity index (χ0) is 18.8. The molecule has 0 fully saturated rings. The fourth-order valence-electron chi connectivity index (χ4n) is 2.62. The molecule has 0 aliphatic carbocycles. The van der Waals surface area contributed by atoms with Crippen LogP contribution in [0, 0.1) is 0 Å². The summed E-state index contributed by atoms with van der Waals surface area (Å²) >= 11 is 0. The van der Waals surface area contributed by atoms with Gasteiger partial charge >= 0.3 is 5.97 Å². The Hall–Kier alpha value is -3.81. The second-order valence-electron chi connectivity index (χ2n) is 5.87. The van der Waals surface area contributed by atoms with Crippen molar-refractivity contribution in [3.05, 3.63) is 82.7 Å². The van der Waals surface area contributed by atoms with Crippen LogP contribution in [0.25, 0.3) is 16.6 Å². The maximum absolute atomic E-state index is 12.4. The van der Waals surface area contributed by atoms with E-state index in [0.29, 0.717) is 10.9 Å². The van der Waals surface area contributed by atoms with Crippen molar-refractivity contribution in [1.29, 1.82) is 0 Å². The second kappa shape index (κ2) is 6.83. The standard InChI is InChI=1S/C19H15N5O3/c1-12(17-21-15-10-6-5-9-14(15)18(25)22-17)27-19(26)16-11-20-24(23-16)13-7-3-2-4-8-13/h2-12H,1H3,(H,21,22,25)/t12-/m0/s1. The van der Waals surface area contributed by atoms with Crippen LogP contribution in [0.1, 0.15) is 29.3 Å². The molecule has 0 saturated carbocycles. The molecule has 0 saturated heterocycles. The van der Waals surface area contributed by atoms with Crippen molar-refractivity contribution in [3.8, 4) is 5.69 Å². The number of H-pyrrole nitrogens is 1. The summed E-state index contributed by atoms with van der Waals surface area (Å²) in [5.74, 6) is -0.386. The van der Waals surface area contributed by atoms with Gasteiger partial charge in [-0.15, -0.1) is 5.10 Å². The molecule has 0 aliphatic heterocycles. The molecule has 2 heterocycles. The van der Waals surface area contributed by atoms with Crippen LogP contribution >= 0.6 is 0 Å². The van der Waals surface area contributed by atoms with Crippen molar-refractivity contribution in [2.45, 2.75) is 13.0 Å². The van der Waals surface area contributed by atoms with Crippen molar-refractivity contribution in [1.82, 2.24) is 25.0 Å². The minimum absolute atomic E-state index is 0.0637. The van der Waals surface area contributed by atoms with Crippen LogP contribution in [0.15, 0.2) is 65.6 Å². The minimum atomic E-state index is -0.753. The van der Waals surface area contributed by atoms with Crippen LogP contribution in [-0.4, -0.2) is 30.9 Å². The van der Waals surface area contributed by atoms with Crippen LogP contribution in [0.2, 0.25) is 0 Å². The van der Waals surface area contributed by atoms with E-state index in [1.807, 2.05) is 30.3 Å². The van der Waals surface area contributed by atoms with Crippen LogP contribution in [0.5, 0.6) is 0 Å². The molecule has 1 N–H and O–H groups in total. The molecule has 0 bridgehead atoms. The average molecular weight is 361 g/mol. The summed E-state index contributed by atoms with van der Waals surface area (Å²) in [5, 5.41) is 8.68. The third-order valence-electron chi connectivity index (χ3n) is 3.99. The highest BCUT2D eigenvalue weighted by Crippen LogP contribution is 2.16. The summed E-state index contributed by atoms with van der Waals surface area (Å²) in [5.41, 5.74) is 1.04. The van der Waals surface area contributed by atoms with Crippen molar-refractivity contribution in [2.24, 2.45) is 0 Å². The SMILES string of the molecule is C[C@H](OC(=O)c1cnn(-c2ccccc2)n1)c1nc2ccccc2c(=O)[nH]1. The largest absolute Gasteiger partial charge is 0.450 e. The lowest BCUT2D eigenvalue weighted by atomic mass is 10.2. The van der Waals surface area contributed by atoms with Gasteiger partial charge in [-0.2, -0.15) is 9.90 Å². The van der Waals surface area contributed by atoms with Crippen molar-refractivity contribution in [2.75, 3.05) is 0 Å². The van der Waals surface area contributed by atoms with Gasteiger partial charge in [0.25, 0.3) is 5.56 Å². The molecule has 0 radical (unpaired) electrons. The molecule has 0 unspecified atom stereocenters. The Balaban J connectivity index is 1.55. The third kappa shape index (κ3) is 3.32. The molecule has 0 spiro atoms. The molecule has 0 aliphatic rings. The maximum atomic E-state index is 12.4. The zero-order valence-electron chi connectivity index (χ0n) is 14.4. The van der Waals surface area contributed by atoms with Crippen molar-refractivity contribution >= 4 is 16.9 Å². The summed E-state index contributed by atoms with van der Waals surface area (Å²) in [6, 6.07) is 16.2. The highest BCUT2D eigenvalue weighted by atomic mass is 16.5. The number of nitrogens with zero attached hydrogens (tertiary/aromatic N) is 4. The number of fused-ring (bicyclic) bond motifs is 1. The highest BCUT2D eigenvalue weighted by molar-refractivity contribution is 5.87. The molecule has 2 aromatic carbocycles. The van der Waals surface area contributed by atoms with Gasteiger partial charge in [0.15, 0.2) is 17.6 Å². The Morgan fingerprint density at radius 3 is 2.67 bits per heavy atom. The minimum Gasteiger partial charge on any atom is -0.450 e. The van der Waals surface area contributed by atoms with Gasteiger partial charge in [-0.3, -0.25) is 4.79 Å². The smallest absolute Gasteiger partial charge is 0.361 e. The molecule has 2 aromatic heterocycles. The number of aromatic amines is 1. The molecule has 8 heteroatoms. The van der Waals surface area contributed by atoms with Gasteiger partial charge in [-0.1, -0.05) is 30.3 Å². The summed E-state index contributed by atoms with van der Waals surface area (Å²) in [6.45, 7) is 1.63. The first-order valence-electron chi connectivity index (χ1n) is 8.29. The number of esters is 1. The van der Waals surface area contributed by atoms with E-state index in [2.05, 4.69) is 20.2 Å². The Kier molecular flexibility index (Phi) is 4.21. The highest BCUT2D eigenvalue weighted by Gasteiger charge is 2.19. The number of rotatable bonds is 4. The number of benzene rings is 2. The topological polar surface area (TPSA) is 103 Å². The van der Waals surface area contributed by atoms with E-state index in [0.717, 1.165) is 5.69 Å². The predicted molar refractivity (Wildman–Crippen MR) is 97.6 cm³/mol. The average Bonchev–Trinajstić information content (AvgIpc) is 3.19. The molecular weight excluding hydrogens is 346 g/mol. The molecule has 4 rings (SSSR count). The number of para-hydroxylation sites is 2. The van der Waals surface area contributed by atoms with E-state index in [4.69, 9.17) is 4.74 Å². The monoisotopic (exact) mass is 361 g/mol. The number of hydrogen-bond acceptors (Lipinski definition) is 6. The van der Waals surface area contributed by atoms with Crippen molar-refractivity contribution < 1.29 is 9.53 Å². The van der Waals surface area contributed by atoms with Crippen LogP contribution < -0.4 is 5.56 Å². The lowest BCUT2D eigenvalue weighted by Crippen LogP contribution is -2.17. The van der Waals surface area contributed by atoms with E-state index in [-0.39, 0.29) is 17.1 Å². The first-order chi connectivity index (χ1) is 13.1. The molecule has 4 aromatic rings. The van der Waals surface area contributed by atoms with E-state index >= 15 is 0 Å². The number of aromatic nitrogens is 5. The summed E-state index contributed by atoms with van der Waals surface area (Å²) < 4.78 is 5.39. The van der Waals surface area contributed by atoms with Gasteiger partial charge in [0.1, 0.15) is 0 Å². The van der Waals surface area contributed by atoms with Crippen LogP contribution in [0.4, 0.5) is 0 Å². The number of ether oxygens (including phenoxy) is 1. The van der Waals surface area contributed by atoms with E-state index < -0.39 is 12.1 Å². The van der Waals surface area contributed by atoms with E-state index in [1.54, 1.807) is 31.2 Å². The lowest BCUT2D eigenvalue weighted by molar-refractivity contribution is 0.0312. The number of hydrogen-bond donors (Lipinski definition) is 1. The normalized spacial score (nSPS) is 12.0. The molecule has 8 nitrogen and oxygen atoms in total. The zero-order valence-corrected chi connectivity index (χ0v) is 14.4. The van der Waals surface area contributed by atoms with E-state index in [1.165, 1.54) is 11.0 Å². The number of carbonyl (C=O) groups excluding carboxylic acids is 1. The Morgan fingerprint density at radius 1 is 1.11 bits per heavy atom. The molecule has 134 valence electrons. The van der Waals surface area contributed by atoms with Gasteiger partial charge in [0.05, 0.1) is 22.8 Å². The summed E-state index contributed by atoms with van der Waals surface area (Å²) in [4.78, 5) is 32.9. The van der Waals surface area contributed by atoms with Gasteiger partial charge in [0, 0.05) is 0 Å². The second-order valence-corrected chi connectivity index (χ2v) is 5.87. The Labute approximate surface area is 153 Å². The third-order valence-corrected chi connectivity index (χ3v) is 3.99. The summed E-state index contributed by atoms with van der Waals surface area (Å²) in [6.07, 6.45) is 0.579. The van der Waals surface area contributed by atoms with Crippen LogP contribution in [-0.2, 0) is 4.74 Å². The van der Waals surface area contributed by atoms with Crippen molar-refractivity contribution in [3.63, 3.8) is 0 Å². The number of nitrogens with one attached hydrogen (secondary N) is 1. The fraction of sp³-hybridized carbons (Fsp3) is 0.105. The number of carbonyl (C=O) groups is 1. The first kappa shape index (κ1) is 16.6. The molecule has 1 atom stereocenters. The quantitative estimate of drug-likeness (QED) is 0.560. The maximum Gasteiger partial charge on any atom is 0.361 e. The van der Waals surface area contributed by atoms with Gasteiger partial charge in [-0.05, 0) is 31.2 Å². The molecule has 0 amide bonds. The Bertz CT molecular complexity index is 1170. The summed E-state index contributed by atoms with van der Waals surface area (Å²) in [7, 11) is 0. The van der Waals surface area contributed by atoms with Gasteiger partial charge in [0.2, 0.25) is 0 Å². The van der Waals surface area contributed by atoms with E-state index in [9.17, 15) is 9.59 Å². The Morgan fingerprint density at radius 2 is 1.85 bits per heavy atom. The van der Waals surface area contributed by atoms with Crippen LogP contribution in [0.3, 0.4) is 0 Å². The van der Waals surface area contributed by atoms with Gasteiger partial charge < -0.3 is 9.72 Å². The molecular formula is C19H15N5O3. The lowest BCUT2D eigenvalue weighted by Gasteiger charge is -2.12. The van der Waals surface area contributed by atoms with Gasteiger partial charge in [-0.25, -0.2) is 9.78 Å². The molecule has 27 heavy (non-hydrogen) atoms. The fourth-order valence-corrected chi connectivity index (χ4v) is 2.62. The first-order valence-corrected chi connectivity index (χ1v) is 8.29.